The van der Waals surface area contributed by atoms with E-state index in [1.807, 2.05) is 13.0 Å². The molecule has 1 unspecified atom stereocenters. The molecule has 4 aliphatic heterocycles. The number of anilines is 1. The monoisotopic (exact) mass is 666 g/mol. The van der Waals surface area contributed by atoms with E-state index in [-0.39, 0.29) is 53.4 Å². The van der Waals surface area contributed by atoms with E-state index in [9.17, 15) is 18.5 Å². The molecule has 7 rings (SSSR count). The van der Waals surface area contributed by atoms with Crippen molar-refractivity contribution in [1.82, 2.24) is 19.4 Å². The van der Waals surface area contributed by atoms with Gasteiger partial charge in [0.15, 0.2) is 0 Å². The number of aryl methyl sites for hydroxylation is 2. The van der Waals surface area contributed by atoms with Crippen molar-refractivity contribution in [2.75, 3.05) is 29.9 Å². The van der Waals surface area contributed by atoms with Gasteiger partial charge < -0.3 is 10.2 Å². The van der Waals surface area contributed by atoms with E-state index in [0.29, 0.717) is 47.2 Å². The molecule has 3 aromatic rings. The van der Waals surface area contributed by atoms with Crippen molar-refractivity contribution in [2.45, 2.75) is 102 Å². The number of hydrogen-bond acceptors (Lipinski definition) is 8. The average molecular weight is 667 g/mol. The number of benzene rings is 1. The molecule has 1 aromatic carbocycles. The fourth-order valence-electron chi connectivity index (χ4n) is 7.42. The van der Waals surface area contributed by atoms with Gasteiger partial charge in [0.25, 0.3) is 11.5 Å². The number of aromatic nitrogens is 3. The van der Waals surface area contributed by atoms with E-state index in [4.69, 9.17) is 4.98 Å². The predicted molar refractivity (Wildman–Crippen MR) is 178 cm³/mol. The van der Waals surface area contributed by atoms with Crippen molar-refractivity contribution in [3.8, 4) is 6.07 Å². The Morgan fingerprint density at radius 3 is 2.49 bits per heavy atom. The number of pyridine rings is 1. The number of hydrogen-bond donors (Lipinski definition) is 1. The molecule has 1 N–H and O–H groups in total. The Morgan fingerprint density at radius 1 is 1.02 bits per heavy atom. The zero-order valence-electron chi connectivity index (χ0n) is 27.4. The summed E-state index contributed by atoms with van der Waals surface area (Å²) in [6, 6.07) is 10.4. The van der Waals surface area contributed by atoms with Gasteiger partial charge in [0.05, 0.1) is 28.4 Å². The van der Waals surface area contributed by atoms with Crippen LogP contribution in [-0.4, -0.2) is 58.5 Å². The first-order valence-electron chi connectivity index (χ1n) is 16.8. The molecule has 12 heteroatoms. The fraction of sp³-hybridized carbons (Fsp3) is 0.600. The van der Waals surface area contributed by atoms with E-state index < -0.39 is 27.2 Å². The third-order valence-electron chi connectivity index (χ3n) is 10.6. The summed E-state index contributed by atoms with van der Waals surface area (Å²) in [4.78, 5) is 26.0. The lowest BCUT2D eigenvalue weighted by molar-refractivity contribution is -0.0332. The molecular formula is C35H44F2N6O3S. The topological polar surface area (TPSA) is 121 Å². The molecule has 0 spiro atoms. The molecule has 0 radical (unpaired) electrons. The highest BCUT2D eigenvalue weighted by Gasteiger charge is 2.42. The highest BCUT2D eigenvalue weighted by atomic mass is 32.2. The number of fused-ring (bicyclic) bond motifs is 8. The average Bonchev–Trinajstić information content (AvgIpc) is 3.01. The van der Waals surface area contributed by atoms with Gasteiger partial charge >= 0.3 is 0 Å². The van der Waals surface area contributed by atoms with Crippen LogP contribution in [0.2, 0.25) is 0 Å². The lowest BCUT2D eigenvalue weighted by Crippen LogP contribution is -2.51. The Labute approximate surface area is 275 Å². The molecule has 8 bridgehead atoms. The maximum atomic E-state index is 15.5. The number of sulfone groups is 1. The van der Waals surface area contributed by atoms with Crippen molar-refractivity contribution in [3.63, 3.8) is 0 Å². The minimum atomic E-state index is -3.30. The lowest BCUT2D eigenvalue weighted by Gasteiger charge is -2.44. The highest BCUT2D eigenvalue weighted by Crippen LogP contribution is 2.39. The van der Waals surface area contributed by atoms with E-state index in [0.717, 1.165) is 38.8 Å². The van der Waals surface area contributed by atoms with Crippen LogP contribution in [0.25, 0.3) is 11.0 Å². The van der Waals surface area contributed by atoms with E-state index in [1.54, 1.807) is 29.7 Å². The predicted octanol–water partition coefficient (Wildman–Crippen LogP) is 6.01. The number of alkyl halides is 2. The van der Waals surface area contributed by atoms with Gasteiger partial charge in [0, 0.05) is 49.3 Å². The van der Waals surface area contributed by atoms with Gasteiger partial charge in [-0.05, 0) is 76.5 Å². The van der Waals surface area contributed by atoms with Crippen LogP contribution in [0.3, 0.4) is 0 Å². The quantitative estimate of drug-likeness (QED) is 0.335. The van der Waals surface area contributed by atoms with Gasteiger partial charge in [0.2, 0.25) is 0 Å². The molecule has 6 heterocycles. The summed E-state index contributed by atoms with van der Waals surface area (Å²) in [5.41, 5.74) is -0.246. The minimum absolute atomic E-state index is 0.0119. The second kappa shape index (κ2) is 12.9. The standard InChI is InChI=1S/C35H44F2N6O3S/c1-23-8-5-4-6-15-43-32-29(19-30(33(43)44)34(22-38)13-16-47(45,46)17-14-34)31(40-25(3)41-32)39-24(2)27-9-7-10-28(18-27)35(36,37)12-11-26-20-42(23)21-26/h7,9-10,18-19,23-24,26H,4-6,8,11-17,20-21H2,1-3H3,(H,39,40,41)/t23?,24-/m1/s1. The molecule has 0 saturated carbocycles. The molecule has 0 aliphatic carbocycles. The van der Waals surface area contributed by atoms with E-state index in [2.05, 4.69) is 28.2 Å². The molecule has 9 nitrogen and oxygen atoms in total. The van der Waals surface area contributed by atoms with Crippen LogP contribution in [0, 0.1) is 24.2 Å². The van der Waals surface area contributed by atoms with Gasteiger partial charge in [0.1, 0.15) is 27.1 Å². The van der Waals surface area contributed by atoms with Gasteiger partial charge in [-0.2, -0.15) is 5.26 Å². The first-order valence-corrected chi connectivity index (χ1v) is 18.7. The zero-order chi connectivity index (χ0) is 33.6. The maximum Gasteiger partial charge on any atom is 0.273 e. The van der Waals surface area contributed by atoms with Gasteiger partial charge in [-0.3, -0.25) is 9.36 Å². The van der Waals surface area contributed by atoms with Crippen LogP contribution in [-0.2, 0) is 27.7 Å². The second-order valence-electron chi connectivity index (χ2n) is 14.0. The highest BCUT2D eigenvalue weighted by molar-refractivity contribution is 7.91. The Kier molecular flexibility index (Phi) is 9.17. The Bertz CT molecular complexity index is 1850. The van der Waals surface area contributed by atoms with E-state index in [1.165, 1.54) is 6.07 Å². The van der Waals surface area contributed by atoms with Crippen LogP contribution in [0.1, 0.15) is 93.8 Å². The largest absolute Gasteiger partial charge is 0.363 e. The number of nitrogens with one attached hydrogen (secondary N) is 1. The third kappa shape index (κ3) is 6.79. The molecular weight excluding hydrogens is 622 g/mol. The second-order valence-corrected chi connectivity index (χ2v) is 16.3. The Morgan fingerprint density at radius 2 is 1.77 bits per heavy atom. The van der Waals surface area contributed by atoms with Crippen LogP contribution >= 0.6 is 0 Å². The van der Waals surface area contributed by atoms with Crippen LogP contribution < -0.4 is 10.9 Å². The van der Waals surface area contributed by atoms with Crippen molar-refractivity contribution in [2.24, 2.45) is 5.92 Å². The van der Waals surface area contributed by atoms with Crippen molar-refractivity contribution >= 4 is 26.7 Å². The SMILES string of the molecule is Cc1nc2c3cc(C4(C#N)CCS(=O)(=O)CC4)c(=O)n(c3n1)CCCCCC(C)N1CC(CCC(F)(F)c3cccc(c3)[C@@H](C)N2)C1. The lowest BCUT2D eigenvalue weighted by atomic mass is 9.77. The third-order valence-corrected chi connectivity index (χ3v) is 12.3. The first kappa shape index (κ1) is 33.5. The summed E-state index contributed by atoms with van der Waals surface area (Å²) < 4.78 is 57.3. The van der Waals surface area contributed by atoms with Crippen LogP contribution in [0.4, 0.5) is 14.6 Å². The summed E-state index contributed by atoms with van der Waals surface area (Å²) >= 11 is 0. The summed E-state index contributed by atoms with van der Waals surface area (Å²) in [7, 11) is -3.30. The molecule has 2 fully saturated rings. The number of rotatable bonds is 1. The number of halogens is 2. The van der Waals surface area contributed by atoms with Crippen molar-refractivity contribution in [3.05, 3.63) is 63.2 Å². The zero-order valence-corrected chi connectivity index (χ0v) is 28.3. The van der Waals surface area contributed by atoms with Crippen LogP contribution in [0.5, 0.6) is 0 Å². The van der Waals surface area contributed by atoms with Crippen molar-refractivity contribution < 1.29 is 17.2 Å². The minimum Gasteiger partial charge on any atom is -0.363 e. The normalized spacial score (nSPS) is 27.5. The summed E-state index contributed by atoms with van der Waals surface area (Å²) in [6.07, 6.45) is 3.91. The number of nitriles is 1. The van der Waals surface area contributed by atoms with Gasteiger partial charge in [-0.1, -0.05) is 31.0 Å². The summed E-state index contributed by atoms with van der Waals surface area (Å²) in [5.74, 6) is -2.15. The summed E-state index contributed by atoms with van der Waals surface area (Å²) in [5, 5.41) is 14.4. The molecule has 252 valence electrons. The fourth-order valence-corrected chi connectivity index (χ4v) is 8.94. The first-order chi connectivity index (χ1) is 22.3. The molecule has 0 amide bonds. The van der Waals surface area contributed by atoms with Gasteiger partial charge in [-0.25, -0.2) is 27.2 Å². The molecule has 2 aromatic heterocycles. The molecule has 47 heavy (non-hydrogen) atoms. The molecule has 2 atom stereocenters. The molecule has 2 saturated heterocycles. The van der Waals surface area contributed by atoms with E-state index >= 15 is 8.78 Å². The smallest absolute Gasteiger partial charge is 0.273 e. The maximum absolute atomic E-state index is 15.5. The molecule has 4 aliphatic rings. The van der Waals surface area contributed by atoms with Crippen LogP contribution in [0.15, 0.2) is 35.1 Å². The van der Waals surface area contributed by atoms with Gasteiger partial charge in [-0.15, -0.1) is 0 Å². The summed E-state index contributed by atoms with van der Waals surface area (Å²) in [6.45, 7) is 7.88. The van der Waals surface area contributed by atoms with Crippen molar-refractivity contribution in [1.29, 1.82) is 5.26 Å². The number of nitrogens with zero attached hydrogens (tertiary/aromatic N) is 5. The Balaban J connectivity index is 1.45. The Hall–Kier alpha value is -3.43.